The number of rotatable bonds is 6. The van der Waals surface area contributed by atoms with E-state index in [2.05, 4.69) is 30.6 Å². The first-order valence-electron chi connectivity index (χ1n) is 10.4. The normalized spacial score (nSPS) is 29.7. The molecule has 3 aliphatic rings. The zero-order valence-electron chi connectivity index (χ0n) is 18.0. The molecule has 2 saturated carbocycles. The summed E-state index contributed by atoms with van der Waals surface area (Å²) in [6.45, 7) is 6.71. The lowest BCUT2D eigenvalue weighted by molar-refractivity contribution is -0.151. The molecule has 3 fully saturated rings. The van der Waals surface area contributed by atoms with Crippen LogP contribution in [0.1, 0.15) is 59.8 Å². The van der Waals surface area contributed by atoms with E-state index in [0.29, 0.717) is 12.8 Å². The maximum Gasteiger partial charge on any atom is 0.326 e. The van der Waals surface area contributed by atoms with Crippen molar-refractivity contribution in [2.45, 2.75) is 70.9 Å². The molecule has 3 atom stereocenters. The summed E-state index contributed by atoms with van der Waals surface area (Å²) in [6, 6.07) is 1.48. The smallest absolute Gasteiger partial charge is 0.326 e. The Morgan fingerprint density at radius 3 is 2.57 bits per heavy atom. The average Bonchev–Trinajstić information content (AvgIpc) is 3.44. The molecule has 0 radical (unpaired) electrons. The third-order valence-electron chi connectivity index (χ3n) is 6.30. The molecule has 0 aromatic heterocycles. The molecule has 2 aliphatic carbocycles. The van der Waals surface area contributed by atoms with Crippen molar-refractivity contribution in [3.8, 4) is 6.07 Å². The summed E-state index contributed by atoms with van der Waals surface area (Å²) in [7, 11) is 0. The summed E-state index contributed by atoms with van der Waals surface area (Å²) in [4.78, 5) is 50.6. The molecule has 3 rings (SSSR count). The number of ether oxygens (including phenoxy) is 1. The molecule has 1 aliphatic heterocycles. The molecule has 0 bridgehead atoms. The summed E-state index contributed by atoms with van der Waals surface area (Å²) in [6.07, 6.45) is 3.73. The fraction of sp³-hybridized carbons (Fsp3) is 0.762. The quantitative estimate of drug-likeness (QED) is 0.496. The number of amides is 4. The van der Waals surface area contributed by atoms with E-state index in [9.17, 15) is 24.4 Å². The third kappa shape index (κ3) is 4.42. The Morgan fingerprint density at radius 1 is 1.33 bits per heavy atom. The summed E-state index contributed by atoms with van der Waals surface area (Å²) in [5.41, 5.74) is -2.08. The highest BCUT2D eigenvalue weighted by Crippen LogP contribution is 2.46. The maximum atomic E-state index is 13.0. The van der Waals surface area contributed by atoms with Gasteiger partial charge in [0.2, 0.25) is 0 Å². The number of nitriles is 1. The van der Waals surface area contributed by atoms with E-state index in [4.69, 9.17) is 4.74 Å². The molecular weight excluding hydrogens is 388 g/mol. The number of hydrogen-bond donors (Lipinski definition) is 2. The molecule has 2 N–H and O–H groups in total. The highest BCUT2D eigenvalue weighted by molar-refractivity contribution is 6.08. The van der Waals surface area contributed by atoms with Crippen LogP contribution in [0.5, 0.6) is 0 Å². The SMILES string of the molecule is C[C@@H]1CC(C)(C)C[C@]2(C1)NC(=O)N(CC(=O)OCC(=O)N[C@@](C)(C#N)C1CC1)C2=O. The largest absolute Gasteiger partial charge is 0.454 e. The molecule has 1 heterocycles. The number of carbonyl (C=O) groups is 4. The van der Waals surface area contributed by atoms with Crippen molar-refractivity contribution in [1.82, 2.24) is 15.5 Å². The summed E-state index contributed by atoms with van der Waals surface area (Å²) >= 11 is 0. The molecule has 1 spiro atoms. The van der Waals surface area contributed by atoms with Crippen LogP contribution in [0.2, 0.25) is 0 Å². The van der Waals surface area contributed by atoms with Gasteiger partial charge in [-0.25, -0.2) is 4.79 Å². The predicted octanol–water partition coefficient (Wildman–Crippen LogP) is 1.47. The van der Waals surface area contributed by atoms with Crippen LogP contribution in [0.4, 0.5) is 4.79 Å². The first-order valence-corrected chi connectivity index (χ1v) is 10.4. The zero-order valence-corrected chi connectivity index (χ0v) is 18.0. The number of nitrogens with zero attached hydrogens (tertiary/aromatic N) is 2. The highest BCUT2D eigenvalue weighted by Gasteiger charge is 2.56. The van der Waals surface area contributed by atoms with Gasteiger partial charge in [0.1, 0.15) is 17.6 Å². The second-order valence-electron chi connectivity index (χ2n) is 10.1. The fourth-order valence-electron chi connectivity index (χ4n) is 5.18. The Hall–Kier alpha value is -2.63. The van der Waals surface area contributed by atoms with Crippen molar-refractivity contribution in [3.63, 3.8) is 0 Å². The Balaban J connectivity index is 1.55. The first kappa shape index (κ1) is 22.1. The maximum absolute atomic E-state index is 13.0. The van der Waals surface area contributed by atoms with Crippen molar-refractivity contribution < 1.29 is 23.9 Å². The summed E-state index contributed by atoms with van der Waals surface area (Å²) in [5, 5.41) is 14.7. The topological polar surface area (TPSA) is 129 Å². The number of hydrogen-bond acceptors (Lipinski definition) is 6. The van der Waals surface area contributed by atoms with Crippen LogP contribution in [0, 0.1) is 28.6 Å². The van der Waals surface area contributed by atoms with Crippen molar-refractivity contribution in [2.24, 2.45) is 17.3 Å². The van der Waals surface area contributed by atoms with Gasteiger partial charge in [-0.05, 0) is 56.3 Å². The molecular formula is C21H30N4O5. The monoisotopic (exact) mass is 418 g/mol. The Morgan fingerprint density at radius 2 is 2.00 bits per heavy atom. The van der Waals surface area contributed by atoms with E-state index in [1.54, 1.807) is 6.92 Å². The van der Waals surface area contributed by atoms with E-state index in [0.717, 1.165) is 24.2 Å². The summed E-state index contributed by atoms with van der Waals surface area (Å²) < 4.78 is 4.96. The van der Waals surface area contributed by atoms with Gasteiger partial charge < -0.3 is 15.4 Å². The molecule has 0 aromatic carbocycles. The van der Waals surface area contributed by atoms with Crippen LogP contribution in [-0.4, -0.2) is 52.9 Å². The van der Waals surface area contributed by atoms with E-state index in [1.165, 1.54) is 0 Å². The standard InChI is InChI=1S/C21H30N4O5/c1-13-7-19(2,3)11-21(8-13)17(28)25(18(29)24-21)9-16(27)30-10-15(26)23-20(4,12-22)14-5-6-14/h13-14H,5-11H2,1-4H3,(H,23,26)(H,24,29)/t13-,20+,21+/m1/s1. The van der Waals surface area contributed by atoms with Gasteiger partial charge in [0.25, 0.3) is 11.8 Å². The van der Waals surface area contributed by atoms with Crippen molar-refractivity contribution in [3.05, 3.63) is 0 Å². The Kier molecular flexibility index (Phi) is 5.56. The van der Waals surface area contributed by atoms with Gasteiger partial charge in [0, 0.05) is 0 Å². The number of esters is 1. The van der Waals surface area contributed by atoms with E-state index < -0.39 is 48.0 Å². The van der Waals surface area contributed by atoms with Crippen molar-refractivity contribution in [2.75, 3.05) is 13.2 Å². The van der Waals surface area contributed by atoms with Crippen LogP contribution < -0.4 is 10.6 Å². The minimum Gasteiger partial charge on any atom is -0.454 e. The lowest BCUT2D eigenvalue weighted by Crippen LogP contribution is -2.54. The second kappa shape index (κ2) is 7.56. The van der Waals surface area contributed by atoms with E-state index in [-0.39, 0.29) is 17.3 Å². The molecule has 9 nitrogen and oxygen atoms in total. The van der Waals surface area contributed by atoms with Gasteiger partial charge >= 0.3 is 12.0 Å². The van der Waals surface area contributed by atoms with Crippen LogP contribution in [0.3, 0.4) is 0 Å². The lowest BCUT2D eigenvalue weighted by atomic mass is 9.64. The number of nitrogens with one attached hydrogen (secondary N) is 2. The van der Waals surface area contributed by atoms with Gasteiger partial charge in [-0.2, -0.15) is 5.26 Å². The molecule has 9 heteroatoms. The van der Waals surface area contributed by atoms with Gasteiger partial charge in [-0.1, -0.05) is 20.8 Å². The molecule has 4 amide bonds. The lowest BCUT2D eigenvalue weighted by Gasteiger charge is -2.43. The third-order valence-corrected chi connectivity index (χ3v) is 6.30. The second-order valence-corrected chi connectivity index (χ2v) is 10.1. The number of carbonyl (C=O) groups excluding carboxylic acids is 4. The number of urea groups is 1. The van der Waals surface area contributed by atoms with E-state index in [1.807, 2.05) is 6.92 Å². The average molecular weight is 418 g/mol. The van der Waals surface area contributed by atoms with Crippen LogP contribution in [0.15, 0.2) is 0 Å². The Bertz CT molecular complexity index is 815. The minimum atomic E-state index is -0.991. The molecule has 164 valence electrons. The van der Waals surface area contributed by atoms with Gasteiger partial charge in [0.05, 0.1) is 6.07 Å². The minimum absolute atomic E-state index is 0.103. The zero-order chi connectivity index (χ0) is 22.3. The van der Waals surface area contributed by atoms with Crippen LogP contribution in [0.25, 0.3) is 0 Å². The van der Waals surface area contributed by atoms with Crippen LogP contribution >= 0.6 is 0 Å². The number of imide groups is 1. The van der Waals surface area contributed by atoms with Crippen molar-refractivity contribution >= 4 is 23.8 Å². The molecule has 0 unspecified atom stereocenters. The Labute approximate surface area is 176 Å². The molecule has 1 saturated heterocycles. The van der Waals surface area contributed by atoms with Crippen molar-refractivity contribution in [1.29, 1.82) is 5.26 Å². The van der Waals surface area contributed by atoms with Gasteiger partial charge in [-0.3, -0.25) is 19.3 Å². The van der Waals surface area contributed by atoms with Crippen LogP contribution in [-0.2, 0) is 19.1 Å². The van der Waals surface area contributed by atoms with Gasteiger partial charge in [0.15, 0.2) is 6.61 Å². The summed E-state index contributed by atoms with van der Waals surface area (Å²) in [5.74, 6) is -1.49. The van der Waals surface area contributed by atoms with E-state index >= 15 is 0 Å². The highest BCUT2D eigenvalue weighted by atomic mass is 16.5. The fourth-order valence-corrected chi connectivity index (χ4v) is 5.18. The van der Waals surface area contributed by atoms with Gasteiger partial charge in [-0.15, -0.1) is 0 Å². The predicted molar refractivity (Wildman–Crippen MR) is 106 cm³/mol. The molecule has 0 aromatic rings. The first-order chi connectivity index (χ1) is 13.9. The molecule has 30 heavy (non-hydrogen) atoms.